The highest BCUT2D eigenvalue weighted by Crippen LogP contribution is 2.32. The van der Waals surface area contributed by atoms with E-state index in [4.69, 9.17) is 11.6 Å². The topological polar surface area (TPSA) is 37.8 Å². The van der Waals surface area contributed by atoms with Gasteiger partial charge in [0.2, 0.25) is 0 Å². The third-order valence-electron chi connectivity index (χ3n) is 2.78. The molecule has 0 bridgehead atoms. The molecule has 0 aliphatic rings. The molecule has 0 spiro atoms. The number of rotatable bonds is 3. The number of benzene rings is 1. The van der Waals surface area contributed by atoms with E-state index in [0.717, 1.165) is 10.2 Å². The predicted molar refractivity (Wildman–Crippen MR) is 83.8 cm³/mol. The lowest BCUT2D eigenvalue weighted by Gasteiger charge is -2.13. The van der Waals surface area contributed by atoms with Crippen LogP contribution in [-0.2, 0) is 0 Å². The maximum absolute atomic E-state index is 13.5. The molecule has 2 rings (SSSR count). The summed E-state index contributed by atoms with van der Waals surface area (Å²) in [5, 5.41) is 3.33. The summed E-state index contributed by atoms with van der Waals surface area (Å²) in [5.41, 5.74) is 1.42. The maximum atomic E-state index is 13.5. The van der Waals surface area contributed by atoms with Crippen molar-refractivity contribution in [1.29, 1.82) is 0 Å². The van der Waals surface area contributed by atoms with Gasteiger partial charge in [0.05, 0.1) is 10.2 Å². The van der Waals surface area contributed by atoms with Gasteiger partial charge in [0.15, 0.2) is 5.82 Å². The molecule has 0 saturated heterocycles. The molecule has 0 amide bonds. The molecule has 2 aromatic rings. The number of anilines is 1. The van der Waals surface area contributed by atoms with E-state index in [1.54, 1.807) is 13.1 Å². The smallest absolute Gasteiger partial charge is 0.162 e. The Morgan fingerprint density at radius 2 is 1.95 bits per heavy atom. The van der Waals surface area contributed by atoms with Crippen molar-refractivity contribution in [3.8, 4) is 11.4 Å². The van der Waals surface area contributed by atoms with Gasteiger partial charge in [-0.1, -0.05) is 25.4 Å². The quantitative estimate of drug-likeness (QED) is 0.851. The summed E-state index contributed by atoms with van der Waals surface area (Å²) in [4.78, 5) is 8.90. The van der Waals surface area contributed by atoms with E-state index in [-0.39, 0.29) is 5.92 Å². The van der Waals surface area contributed by atoms with Gasteiger partial charge >= 0.3 is 0 Å². The third-order valence-corrected chi connectivity index (χ3v) is 3.78. The van der Waals surface area contributed by atoms with E-state index < -0.39 is 5.82 Å². The second-order valence-electron chi connectivity index (χ2n) is 4.66. The largest absolute Gasteiger partial charge is 0.372 e. The summed E-state index contributed by atoms with van der Waals surface area (Å²) in [6.45, 7) is 4.07. The van der Waals surface area contributed by atoms with Crippen molar-refractivity contribution in [2.24, 2.45) is 0 Å². The second-order valence-corrected chi connectivity index (χ2v) is 5.89. The Balaban J connectivity index is 2.64. The summed E-state index contributed by atoms with van der Waals surface area (Å²) in [6, 6.07) is 4.28. The van der Waals surface area contributed by atoms with Gasteiger partial charge in [-0.3, -0.25) is 0 Å². The van der Waals surface area contributed by atoms with Crippen LogP contribution in [0.1, 0.15) is 25.5 Å². The van der Waals surface area contributed by atoms with Crippen LogP contribution in [0.25, 0.3) is 11.4 Å². The van der Waals surface area contributed by atoms with E-state index in [0.29, 0.717) is 22.2 Å². The van der Waals surface area contributed by atoms with Crippen molar-refractivity contribution in [1.82, 2.24) is 9.97 Å². The highest BCUT2D eigenvalue weighted by atomic mass is 79.9. The van der Waals surface area contributed by atoms with Crippen LogP contribution in [0.4, 0.5) is 10.2 Å². The summed E-state index contributed by atoms with van der Waals surface area (Å²) in [6.07, 6.45) is 0. The minimum atomic E-state index is -0.406. The molecule has 0 unspecified atom stereocenters. The van der Waals surface area contributed by atoms with E-state index in [1.807, 2.05) is 13.8 Å². The number of hydrogen-bond donors (Lipinski definition) is 1. The Hall–Kier alpha value is -1.20. The van der Waals surface area contributed by atoms with Crippen LogP contribution in [0.15, 0.2) is 22.7 Å². The van der Waals surface area contributed by atoms with E-state index in [2.05, 4.69) is 31.2 Å². The molecule has 0 atom stereocenters. The number of nitrogens with one attached hydrogen (secondary N) is 1. The minimum absolute atomic E-state index is 0.210. The molecule has 1 heterocycles. The predicted octanol–water partition coefficient (Wildman–Crippen LogP) is 4.86. The lowest BCUT2D eigenvalue weighted by atomic mass is 10.1. The van der Waals surface area contributed by atoms with Crippen molar-refractivity contribution in [2.75, 3.05) is 12.4 Å². The van der Waals surface area contributed by atoms with Crippen LogP contribution in [0, 0.1) is 5.82 Å². The molecular formula is C14H14BrClFN3. The molecule has 0 saturated carbocycles. The van der Waals surface area contributed by atoms with Crippen LogP contribution in [0.2, 0.25) is 5.02 Å². The van der Waals surface area contributed by atoms with Gasteiger partial charge in [0.25, 0.3) is 0 Å². The highest BCUT2D eigenvalue weighted by molar-refractivity contribution is 9.10. The van der Waals surface area contributed by atoms with Crippen LogP contribution in [0.3, 0.4) is 0 Å². The summed E-state index contributed by atoms with van der Waals surface area (Å²) in [7, 11) is 1.78. The number of nitrogens with zero attached hydrogens (tertiary/aromatic N) is 2. The number of aromatic nitrogens is 2. The van der Waals surface area contributed by atoms with Crippen molar-refractivity contribution in [3.05, 3.63) is 39.2 Å². The van der Waals surface area contributed by atoms with Gasteiger partial charge in [0.1, 0.15) is 11.6 Å². The van der Waals surface area contributed by atoms with Crippen LogP contribution >= 0.6 is 27.5 Å². The molecule has 0 fully saturated rings. The molecule has 1 aromatic carbocycles. The standard InChI is InChI=1S/C14H14BrClFN3/c1-7(2)12-11(15)14(18-3)20-13(19-12)8-4-9(16)6-10(17)5-8/h4-7H,1-3H3,(H,18,19,20). The minimum Gasteiger partial charge on any atom is -0.372 e. The molecule has 0 radical (unpaired) electrons. The van der Waals surface area contributed by atoms with Crippen molar-refractivity contribution >= 4 is 33.3 Å². The van der Waals surface area contributed by atoms with Crippen LogP contribution in [0.5, 0.6) is 0 Å². The normalized spacial score (nSPS) is 10.9. The fraction of sp³-hybridized carbons (Fsp3) is 0.286. The van der Waals surface area contributed by atoms with Gasteiger partial charge in [-0.2, -0.15) is 0 Å². The Morgan fingerprint density at radius 1 is 1.25 bits per heavy atom. The van der Waals surface area contributed by atoms with E-state index in [9.17, 15) is 4.39 Å². The zero-order valence-corrected chi connectivity index (χ0v) is 13.7. The molecule has 106 valence electrons. The van der Waals surface area contributed by atoms with Gasteiger partial charge in [0, 0.05) is 17.6 Å². The first-order chi connectivity index (χ1) is 9.42. The molecule has 0 aliphatic carbocycles. The average Bonchev–Trinajstić information content (AvgIpc) is 2.37. The summed E-state index contributed by atoms with van der Waals surface area (Å²) in [5.74, 6) is 0.917. The first kappa shape index (κ1) is 15.2. The van der Waals surface area contributed by atoms with E-state index >= 15 is 0 Å². The van der Waals surface area contributed by atoms with Gasteiger partial charge < -0.3 is 5.32 Å². The molecule has 20 heavy (non-hydrogen) atoms. The van der Waals surface area contributed by atoms with Gasteiger partial charge in [-0.15, -0.1) is 0 Å². The monoisotopic (exact) mass is 357 g/mol. The maximum Gasteiger partial charge on any atom is 0.162 e. The van der Waals surface area contributed by atoms with Gasteiger partial charge in [-0.25, -0.2) is 14.4 Å². The summed E-state index contributed by atoms with van der Waals surface area (Å²) >= 11 is 9.38. The Kier molecular flexibility index (Phi) is 4.60. The second kappa shape index (κ2) is 6.06. The molecule has 3 nitrogen and oxygen atoms in total. The van der Waals surface area contributed by atoms with Gasteiger partial charge in [-0.05, 0) is 40.0 Å². The van der Waals surface area contributed by atoms with E-state index in [1.165, 1.54) is 12.1 Å². The Morgan fingerprint density at radius 3 is 2.50 bits per heavy atom. The first-order valence-corrected chi connectivity index (χ1v) is 7.31. The molecule has 6 heteroatoms. The van der Waals surface area contributed by atoms with Crippen LogP contribution < -0.4 is 5.32 Å². The van der Waals surface area contributed by atoms with Crippen molar-refractivity contribution < 1.29 is 4.39 Å². The fourth-order valence-electron chi connectivity index (χ4n) is 1.82. The van der Waals surface area contributed by atoms with Crippen LogP contribution in [-0.4, -0.2) is 17.0 Å². The SMILES string of the molecule is CNc1nc(-c2cc(F)cc(Cl)c2)nc(C(C)C)c1Br. The number of halogens is 3. The Bertz CT molecular complexity index is 626. The lowest BCUT2D eigenvalue weighted by Crippen LogP contribution is -2.04. The zero-order chi connectivity index (χ0) is 14.9. The fourth-order valence-corrected chi connectivity index (χ4v) is 2.88. The molecule has 0 aliphatic heterocycles. The average molecular weight is 359 g/mol. The zero-order valence-electron chi connectivity index (χ0n) is 11.3. The number of hydrogen-bond acceptors (Lipinski definition) is 3. The summed E-state index contributed by atoms with van der Waals surface area (Å²) < 4.78 is 14.3. The molecule has 1 N–H and O–H groups in total. The molecular weight excluding hydrogens is 345 g/mol. The third kappa shape index (κ3) is 3.10. The van der Waals surface area contributed by atoms with Crippen molar-refractivity contribution in [2.45, 2.75) is 19.8 Å². The molecule has 1 aromatic heterocycles. The first-order valence-electron chi connectivity index (χ1n) is 6.14. The van der Waals surface area contributed by atoms with Crippen molar-refractivity contribution in [3.63, 3.8) is 0 Å². The lowest BCUT2D eigenvalue weighted by molar-refractivity contribution is 0.628. The Labute approximate surface area is 130 Å². The highest BCUT2D eigenvalue weighted by Gasteiger charge is 2.15.